The smallest absolute Gasteiger partial charge is 0.0537 e. The van der Waals surface area contributed by atoms with E-state index in [1.165, 1.54) is 56.2 Å². The maximum atomic E-state index is 13.0. The van der Waals surface area contributed by atoms with Gasteiger partial charge in [0.05, 0.1) is 10.8 Å². The van der Waals surface area contributed by atoms with Gasteiger partial charge >= 0.3 is 0 Å². The van der Waals surface area contributed by atoms with Gasteiger partial charge in [-0.3, -0.25) is 4.21 Å². The average molecular weight is 362 g/mol. The van der Waals surface area contributed by atoms with Crippen LogP contribution in [0, 0.1) is 18.3 Å². The lowest BCUT2D eigenvalue weighted by atomic mass is 9.75. The number of aryl methyl sites for hydroxylation is 1. The summed E-state index contributed by atoms with van der Waals surface area (Å²) in [4.78, 5) is 3.22. The van der Waals surface area contributed by atoms with E-state index in [0.717, 1.165) is 17.1 Å². The third-order valence-corrected chi connectivity index (χ3v) is 7.05. The van der Waals surface area contributed by atoms with Gasteiger partial charge in [0.1, 0.15) is 0 Å². The van der Waals surface area contributed by atoms with Crippen molar-refractivity contribution in [2.45, 2.75) is 70.1 Å². The Kier molecular flexibility index (Phi) is 9.28. The predicted molar refractivity (Wildman–Crippen MR) is 112 cm³/mol. The third kappa shape index (κ3) is 5.89. The Morgan fingerprint density at radius 1 is 1.12 bits per heavy atom. The first-order chi connectivity index (χ1) is 12.0. The molecule has 2 nitrogen and oxygen atoms in total. The molecule has 2 rings (SSSR count). The van der Waals surface area contributed by atoms with Crippen LogP contribution in [0.2, 0.25) is 0 Å². The van der Waals surface area contributed by atoms with Crippen LogP contribution in [0.1, 0.15) is 64.4 Å². The van der Waals surface area contributed by atoms with E-state index < -0.39 is 10.8 Å². The molecule has 1 unspecified atom stereocenters. The van der Waals surface area contributed by atoms with Crippen LogP contribution in [0.15, 0.2) is 23.1 Å². The van der Waals surface area contributed by atoms with Crippen molar-refractivity contribution in [3.05, 3.63) is 23.8 Å². The molecule has 0 spiro atoms. The van der Waals surface area contributed by atoms with Crippen LogP contribution in [0.25, 0.3) is 0 Å². The van der Waals surface area contributed by atoms with Gasteiger partial charge in [-0.25, -0.2) is 0 Å². The molecule has 1 aromatic rings. The third-order valence-electron chi connectivity index (χ3n) is 5.29. The summed E-state index contributed by atoms with van der Waals surface area (Å²) < 4.78 is 13.0. The number of rotatable bonds is 7. The average Bonchev–Trinajstić information content (AvgIpc) is 2.77. The highest BCUT2D eigenvalue weighted by molar-refractivity contribution is 7.85. The van der Waals surface area contributed by atoms with E-state index >= 15 is 0 Å². The number of hydrogen-bond acceptors (Lipinski definition) is 2. The standard InChI is InChI=1S/C20H33NOS.C2H2/c1-5-7-12-20(13-8-6-2)14-11-17-15-18(21(3)4)9-10-19(17)23(22)16-20;1-2/h9-10,15H,5-8,11-14,16H2,1-4H3;1-2H. The summed E-state index contributed by atoms with van der Waals surface area (Å²) in [5.74, 6) is 0.862. The second kappa shape index (κ2) is 10.7. The van der Waals surface area contributed by atoms with Crippen LogP contribution in [0.5, 0.6) is 0 Å². The molecule has 0 saturated carbocycles. The first kappa shape index (κ1) is 21.8. The van der Waals surface area contributed by atoms with Crippen molar-refractivity contribution in [2.24, 2.45) is 5.41 Å². The molecule has 0 aliphatic carbocycles. The first-order valence-corrected chi connectivity index (χ1v) is 10.8. The Morgan fingerprint density at radius 2 is 1.72 bits per heavy atom. The highest BCUT2D eigenvalue weighted by Crippen LogP contribution is 2.41. The molecule has 1 aliphatic heterocycles. The molecule has 0 amide bonds. The minimum atomic E-state index is -0.849. The highest BCUT2D eigenvalue weighted by atomic mass is 32.2. The van der Waals surface area contributed by atoms with Crippen molar-refractivity contribution >= 4 is 16.5 Å². The van der Waals surface area contributed by atoms with Crippen molar-refractivity contribution in [2.75, 3.05) is 24.7 Å². The fraction of sp³-hybridized carbons (Fsp3) is 0.636. The summed E-state index contributed by atoms with van der Waals surface area (Å²) >= 11 is 0. The Balaban J connectivity index is 0.00000151. The van der Waals surface area contributed by atoms with E-state index in [0.29, 0.717) is 0 Å². The number of unbranched alkanes of at least 4 members (excludes halogenated alkanes) is 2. The lowest BCUT2D eigenvalue weighted by Gasteiger charge is -2.32. The largest absolute Gasteiger partial charge is 0.378 e. The maximum absolute atomic E-state index is 13.0. The van der Waals surface area contributed by atoms with Crippen molar-refractivity contribution < 1.29 is 4.21 Å². The quantitative estimate of drug-likeness (QED) is 0.604. The summed E-state index contributed by atoms with van der Waals surface area (Å²) in [6.45, 7) is 4.53. The zero-order chi connectivity index (χ0) is 18.9. The van der Waals surface area contributed by atoms with Gasteiger partial charge in [-0.1, -0.05) is 39.5 Å². The normalized spacial score (nSPS) is 18.4. The van der Waals surface area contributed by atoms with Crippen molar-refractivity contribution in [3.63, 3.8) is 0 Å². The van der Waals surface area contributed by atoms with Gasteiger partial charge in [0.15, 0.2) is 0 Å². The monoisotopic (exact) mass is 361 g/mol. The van der Waals surface area contributed by atoms with Gasteiger partial charge < -0.3 is 4.90 Å². The zero-order valence-corrected chi connectivity index (χ0v) is 17.3. The van der Waals surface area contributed by atoms with Gasteiger partial charge in [0, 0.05) is 30.4 Å². The number of hydrogen-bond donors (Lipinski definition) is 0. The topological polar surface area (TPSA) is 20.3 Å². The summed E-state index contributed by atoms with van der Waals surface area (Å²) in [6.07, 6.45) is 17.8. The van der Waals surface area contributed by atoms with Gasteiger partial charge in [-0.15, -0.1) is 12.8 Å². The summed E-state index contributed by atoms with van der Waals surface area (Å²) in [5, 5.41) is 0. The van der Waals surface area contributed by atoms with Crippen molar-refractivity contribution in [3.8, 4) is 12.8 Å². The summed E-state index contributed by atoms with van der Waals surface area (Å²) in [7, 11) is 3.29. The first-order valence-electron chi connectivity index (χ1n) is 9.53. The maximum Gasteiger partial charge on any atom is 0.0537 e. The van der Waals surface area contributed by atoms with E-state index in [2.05, 4.69) is 63.9 Å². The number of terminal acetylenes is 1. The van der Waals surface area contributed by atoms with Crippen molar-refractivity contribution in [1.29, 1.82) is 0 Å². The Hall–Kier alpha value is -1.27. The molecular weight excluding hydrogens is 326 g/mol. The molecule has 0 radical (unpaired) electrons. The Morgan fingerprint density at radius 3 is 2.24 bits per heavy atom. The van der Waals surface area contributed by atoms with E-state index in [9.17, 15) is 4.21 Å². The van der Waals surface area contributed by atoms with Crippen molar-refractivity contribution in [1.82, 2.24) is 0 Å². The molecule has 1 aliphatic rings. The molecule has 0 bridgehead atoms. The number of fused-ring (bicyclic) bond motifs is 1. The highest BCUT2D eigenvalue weighted by Gasteiger charge is 2.34. The zero-order valence-electron chi connectivity index (χ0n) is 16.5. The molecule has 1 atom stereocenters. The molecular formula is C22H35NOS. The molecule has 0 saturated heterocycles. The van der Waals surface area contributed by atoms with Crippen LogP contribution >= 0.6 is 0 Å². The predicted octanol–water partition coefficient (Wildman–Crippen LogP) is 5.42. The second-order valence-corrected chi connectivity index (χ2v) is 8.80. The minimum Gasteiger partial charge on any atom is -0.378 e. The molecule has 25 heavy (non-hydrogen) atoms. The second-order valence-electron chi connectivity index (χ2n) is 7.38. The van der Waals surface area contributed by atoms with Gasteiger partial charge in [0.25, 0.3) is 0 Å². The molecule has 0 aromatic heterocycles. The lowest BCUT2D eigenvalue weighted by Crippen LogP contribution is -2.27. The van der Waals surface area contributed by atoms with Crippen LogP contribution < -0.4 is 4.90 Å². The van der Waals surface area contributed by atoms with E-state index in [1.54, 1.807) is 0 Å². The summed E-state index contributed by atoms with van der Waals surface area (Å²) in [6, 6.07) is 6.47. The van der Waals surface area contributed by atoms with Gasteiger partial charge in [0.2, 0.25) is 0 Å². The number of benzene rings is 1. The van der Waals surface area contributed by atoms with Crippen LogP contribution in [0.4, 0.5) is 5.69 Å². The SMILES string of the molecule is C#C.CCCCC1(CCCC)CCc2cc(N(C)C)ccc2S(=O)C1. The van der Waals surface area contributed by atoms with Crippen LogP contribution in [0.3, 0.4) is 0 Å². The lowest BCUT2D eigenvalue weighted by molar-refractivity contribution is 0.242. The van der Waals surface area contributed by atoms with Crippen LogP contribution in [-0.4, -0.2) is 24.1 Å². The van der Waals surface area contributed by atoms with Gasteiger partial charge in [-0.2, -0.15) is 0 Å². The fourth-order valence-electron chi connectivity index (χ4n) is 3.71. The number of nitrogens with zero attached hydrogens (tertiary/aromatic N) is 1. The molecule has 1 heterocycles. The van der Waals surface area contributed by atoms with Gasteiger partial charge in [-0.05, 0) is 54.9 Å². The Labute approximate surface area is 157 Å². The Bertz CT molecular complexity index is 569. The fourth-order valence-corrected chi connectivity index (χ4v) is 5.53. The number of anilines is 1. The van der Waals surface area contributed by atoms with Crippen LogP contribution in [-0.2, 0) is 17.2 Å². The van der Waals surface area contributed by atoms with E-state index in [1.807, 2.05) is 0 Å². The van der Waals surface area contributed by atoms with E-state index in [-0.39, 0.29) is 5.41 Å². The molecule has 0 N–H and O–H groups in total. The molecule has 140 valence electrons. The molecule has 3 heteroatoms. The minimum absolute atomic E-state index is 0.286. The van der Waals surface area contributed by atoms with E-state index in [4.69, 9.17) is 0 Å². The molecule has 0 fully saturated rings. The molecule has 1 aromatic carbocycles. The summed E-state index contributed by atoms with van der Waals surface area (Å²) in [5.41, 5.74) is 2.81.